The van der Waals surface area contributed by atoms with Crippen molar-refractivity contribution in [2.24, 2.45) is 0 Å². The first-order valence-corrected chi connectivity index (χ1v) is 7.31. The maximum absolute atomic E-state index is 12.3. The molecule has 0 saturated carbocycles. The molecule has 1 aromatic rings. The third-order valence-corrected chi connectivity index (χ3v) is 4.14. The van der Waals surface area contributed by atoms with Gasteiger partial charge in [0.1, 0.15) is 5.57 Å². The van der Waals surface area contributed by atoms with Crippen LogP contribution in [-0.2, 0) is 9.59 Å². The van der Waals surface area contributed by atoms with E-state index >= 15 is 0 Å². The molecule has 0 bridgehead atoms. The fraction of sp³-hybridized carbons (Fsp3) is 0.308. The van der Waals surface area contributed by atoms with Crippen molar-refractivity contribution in [2.75, 3.05) is 13.1 Å². The van der Waals surface area contributed by atoms with Gasteiger partial charge in [0.25, 0.3) is 11.8 Å². The second-order valence-corrected chi connectivity index (χ2v) is 5.30. The van der Waals surface area contributed by atoms with Gasteiger partial charge in [-0.05, 0) is 43.6 Å². The van der Waals surface area contributed by atoms with Crippen molar-refractivity contribution < 1.29 is 9.59 Å². The van der Waals surface area contributed by atoms with E-state index in [-0.39, 0.29) is 17.4 Å². The molecule has 1 aromatic heterocycles. The van der Waals surface area contributed by atoms with E-state index in [0.29, 0.717) is 18.2 Å². The number of hydrogen-bond acceptors (Lipinski definition) is 4. The topological polar surface area (TPSA) is 40.6 Å². The van der Waals surface area contributed by atoms with Crippen LogP contribution in [0.2, 0.25) is 0 Å². The fourth-order valence-electron chi connectivity index (χ4n) is 1.90. The van der Waals surface area contributed by atoms with Gasteiger partial charge in [-0.25, -0.2) is 0 Å². The predicted octanol–water partition coefficient (Wildman–Crippen LogP) is 2.13. The van der Waals surface area contributed by atoms with Crippen LogP contribution in [0.3, 0.4) is 0 Å². The summed E-state index contributed by atoms with van der Waals surface area (Å²) in [5.41, 5.74) is 0.180. The van der Waals surface area contributed by atoms with Crippen molar-refractivity contribution in [2.45, 2.75) is 13.8 Å². The molecule has 0 atom stereocenters. The summed E-state index contributed by atoms with van der Waals surface area (Å²) in [6.45, 7) is 4.61. The molecule has 0 aliphatic carbocycles. The molecule has 1 fully saturated rings. The van der Waals surface area contributed by atoms with Gasteiger partial charge in [0.2, 0.25) is 0 Å². The van der Waals surface area contributed by atoms with Gasteiger partial charge in [0.15, 0.2) is 5.11 Å². The molecule has 0 spiro atoms. The quantitative estimate of drug-likeness (QED) is 0.487. The standard InChI is InChI=1S/C13H14N2O2S2/c1-3-14-11(16)10(8-9-6-5-7-19-9)12(17)15(4-2)13(14)18/h5-8H,3-4H2,1-2H3. The highest BCUT2D eigenvalue weighted by Gasteiger charge is 2.37. The minimum atomic E-state index is -0.310. The number of amides is 2. The Kier molecular flexibility index (Phi) is 4.11. The van der Waals surface area contributed by atoms with Crippen molar-refractivity contribution in [1.82, 2.24) is 9.80 Å². The first-order chi connectivity index (χ1) is 9.10. The van der Waals surface area contributed by atoms with E-state index in [9.17, 15) is 9.59 Å². The third kappa shape index (κ3) is 2.46. The molecule has 6 heteroatoms. The molecule has 0 radical (unpaired) electrons. The highest BCUT2D eigenvalue weighted by molar-refractivity contribution is 7.80. The maximum Gasteiger partial charge on any atom is 0.265 e. The summed E-state index contributed by atoms with van der Waals surface area (Å²) in [7, 11) is 0. The molecule has 4 nitrogen and oxygen atoms in total. The van der Waals surface area contributed by atoms with Crippen molar-refractivity contribution >= 4 is 46.6 Å². The summed E-state index contributed by atoms with van der Waals surface area (Å²) >= 11 is 6.68. The molecule has 0 aromatic carbocycles. The third-order valence-electron chi connectivity index (χ3n) is 2.88. The molecular weight excluding hydrogens is 280 g/mol. The van der Waals surface area contributed by atoms with E-state index in [1.165, 1.54) is 21.1 Å². The monoisotopic (exact) mass is 294 g/mol. The normalized spacial score (nSPS) is 16.3. The van der Waals surface area contributed by atoms with Gasteiger partial charge >= 0.3 is 0 Å². The summed E-state index contributed by atoms with van der Waals surface area (Å²) in [5.74, 6) is -0.619. The second kappa shape index (κ2) is 5.63. The molecule has 19 heavy (non-hydrogen) atoms. The zero-order chi connectivity index (χ0) is 14.0. The van der Waals surface area contributed by atoms with Gasteiger partial charge in [0.05, 0.1) is 0 Å². The molecule has 1 saturated heterocycles. The van der Waals surface area contributed by atoms with Crippen LogP contribution >= 0.6 is 23.6 Å². The Morgan fingerprint density at radius 1 is 1.21 bits per heavy atom. The molecular formula is C13H14N2O2S2. The van der Waals surface area contributed by atoms with Gasteiger partial charge in [-0.15, -0.1) is 11.3 Å². The van der Waals surface area contributed by atoms with E-state index in [0.717, 1.165) is 4.88 Å². The van der Waals surface area contributed by atoms with Gasteiger partial charge in [-0.3, -0.25) is 19.4 Å². The highest BCUT2D eigenvalue weighted by atomic mass is 32.1. The average molecular weight is 294 g/mol. The molecule has 0 N–H and O–H groups in total. The van der Waals surface area contributed by atoms with E-state index in [1.807, 2.05) is 31.4 Å². The molecule has 100 valence electrons. The number of thiophene rings is 1. The van der Waals surface area contributed by atoms with Crippen molar-refractivity contribution in [3.05, 3.63) is 28.0 Å². The Labute approximate surface area is 121 Å². The van der Waals surface area contributed by atoms with Crippen LogP contribution < -0.4 is 0 Å². The first kappa shape index (κ1) is 13.9. The van der Waals surface area contributed by atoms with Crippen molar-refractivity contribution in [3.8, 4) is 0 Å². The van der Waals surface area contributed by atoms with Crippen LogP contribution in [0.4, 0.5) is 0 Å². The lowest BCUT2D eigenvalue weighted by Crippen LogP contribution is -2.55. The Balaban J connectivity index is 2.44. The minimum absolute atomic E-state index is 0.180. The van der Waals surface area contributed by atoms with Crippen LogP contribution in [-0.4, -0.2) is 39.8 Å². The largest absolute Gasteiger partial charge is 0.285 e. The number of thiocarbonyl (C=S) groups is 1. The molecule has 0 unspecified atom stereocenters. The van der Waals surface area contributed by atoms with E-state index < -0.39 is 0 Å². The second-order valence-electron chi connectivity index (χ2n) is 3.95. The lowest BCUT2D eigenvalue weighted by Gasteiger charge is -2.35. The number of likely N-dealkylation sites (N-methyl/N-ethyl adjacent to an activating group) is 2. The van der Waals surface area contributed by atoms with Crippen LogP contribution in [0.15, 0.2) is 23.1 Å². The summed E-state index contributed by atoms with van der Waals surface area (Å²) in [5, 5.41) is 2.20. The molecule has 2 rings (SSSR count). The van der Waals surface area contributed by atoms with Crippen LogP contribution in [0.25, 0.3) is 6.08 Å². The Hall–Kier alpha value is -1.53. The highest BCUT2D eigenvalue weighted by Crippen LogP contribution is 2.21. The van der Waals surface area contributed by atoms with Crippen LogP contribution in [0, 0.1) is 0 Å². The predicted molar refractivity (Wildman–Crippen MR) is 79.7 cm³/mol. The van der Waals surface area contributed by atoms with E-state index in [2.05, 4.69) is 0 Å². The summed E-state index contributed by atoms with van der Waals surface area (Å²) in [6.07, 6.45) is 1.64. The minimum Gasteiger partial charge on any atom is -0.285 e. The fourth-order valence-corrected chi connectivity index (χ4v) is 2.98. The molecule has 1 aliphatic heterocycles. The van der Waals surface area contributed by atoms with E-state index in [4.69, 9.17) is 12.2 Å². The number of carbonyl (C=O) groups excluding carboxylic acids is 2. The van der Waals surface area contributed by atoms with Crippen LogP contribution in [0.5, 0.6) is 0 Å². The molecule has 2 heterocycles. The number of rotatable bonds is 3. The van der Waals surface area contributed by atoms with Crippen LogP contribution in [0.1, 0.15) is 18.7 Å². The van der Waals surface area contributed by atoms with Gasteiger partial charge in [-0.1, -0.05) is 6.07 Å². The van der Waals surface area contributed by atoms with Crippen molar-refractivity contribution in [3.63, 3.8) is 0 Å². The summed E-state index contributed by atoms with van der Waals surface area (Å²) < 4.78 is 0. The number of nitrogens with zero attached hydrogens (tertiary/aromatic N) is 2. The Bertz CT molecular complexity index is 521. The zero-order valence-corrected chi connectivity index (χ0v) is 12.4. The molecule has 2 amide bonds. The molecule has 1 aliphatic rings. The summed E-state index contributed by atoms with van der Waals surface area (Å²) in [4.78, 5) is 28.4. The van der Waals surface area contributed by atoms with E-state index in [1.54, 1.807) is 6.08 Å². The number of hydrogen-bond donors (Lipinski definition) is 0. The van der Waals surface area contributed by atoms with Gasteiger partial charge < -0.3 is 0 Å². The summed E-state index contributed by atoms with van der Waals surface area (Å²) in [6, 6.07) is 3.76. The lowest BCUT2D eigenvalue weighted by atomic mass is 10.1. The lowest BCUT2D eigenvalue weighted by molar-refractivity contribution is -0.133. The number of carbonyl (C=O) groups is 2. The smallest absolute Gasteiger partial charge is 0.265 e. The maximum atomic E-state index is 12.3. The van der Waals surface area contributed by atoms with Gasteiger partial charge in [0, 0.05) is 18.0 Å². The Morgan fingerprint density at radius 2 is 1.79 bits per heavy atom. The van der Waals surface area contributed by atoms with Crippen molar-refractivity contribution in [1.29, 1.82) is 0 Å². The zero-order valence-electron chi connectivity index (χ0n) is 10.8. The first-order valence-electron chi connectivity index (χ1n) is 6.03. The SMILES string of the molecule is CCN1C(=O)C(=Cc2cccs2)C(=O)N(CC)C1=S. The Morgan fingerprint density at radius 3 is 2.21 bits per heavy atom. The average Bonchev–Trinajstić information content (AvgIpc) is 2.88. The van der Waals surface area contributed by atoms with Gasteiger partial charge in [-0.2, -0.15) is 0 Å².